The molecule has 0 bridgehead atoms. The molecule has 2 aliphatic heterocycles. The Morgan fingerprint density at radius 1 is 1.22 bits per heavy atom. The number of H-pyrrole nitrogens is 1. The highest BCUT2D eigenvalue weighted by Gasteiger charge is 2.36. The van der Waals surface area contributed by atoms with E-state index < -0.39 is 0 Å². The number of likely N-dealkylation sites (tertiary alicyclic amines) is 1. The van der Waals surface area contributed by atoms with E-state index >= 15 is 0 Å². The third kappa shape index (κ3) is 3.83. The van der Waals surface area contributed by atoms with Crippen LogP contribution in [0.1, 0.15) is 33.6 Å². The van der Waals surface area contributed by atoms with Crippen molar-refractivity contribution in [2.24, 2.45) is 5.41 Å². The summed E-state index contributed by atoms with van der Waals surface area (Å²) < 4.78 is 0. The van der Waals surface area contributed by atoms with Crippen LogP contribution in [0.3, 0.4) is 0 Å². The maximum Gasteiger partial charge on any atom is 0.239 e. The van der Waals surface area contributed by atoms with Gasteiger partial charge in [-0.05, 0) is 18.3 Å². The molecular formula is C16H28N6O. The normalized spacial score (nSPS) is 24.3. The highest BCUT2D eigenvalue weighted by atomic mass is 16.2. The lowest BCUT2D eigenvalue weighted by Crippen LogP contribution is -2.58. The van der Waals surface area contributed by atoms with Crippen LogP contribution in [0.2, 0.25) is 0 Å². The van der Waals surface area contributed by atoms with E-state index in [0.29, 0.717) is 5.91 Å². The van der Waals surface area contributed by atoms with Crippen LogP contribution in [-0.4, -0.2) is 76.2 Å². The minimum atomic E-state index is 0.0583. The second kappa shape index (κ2) is 6.47. The molecule has 128 valence electrons. The SMILES string of the molecule is CC(C)(C)CN1CCCC(N2CCN(c3ncn[nH]3)CC2)C1=O. The van der Waals surface area contributed by atoms with E-state index in [2.05, 4.69) is 50.7 Å². The highest BCUT2D eigenvalue weighted by Crippen LogP contribution is 2.23. The number of piperazine rings is 1. The smallest absolute Gasteiger partial charge is 0.239 e. The first-order chi connectivity index (χ1) is 10.9. The quantitative estimate of drug-likeness (QED) is 0.898. The Balaban J connectivity index is 1.58. The Bertz CT molecular complexity index is 515. The minimum absolute atomic E-state index is 0.0583. The van der Waals surface area contributed by atoms with Crippen molar-refractivity contribution in [2.45, 2.75) is 39.7 Å². The van der Waals surface area contributed by atoms with Crippen LogP contribution >= 0.6 is 0 Å². The second-order valence-corrected chi connectivity index (χ2v) is 7.81. The number of nitrogens with zero attached hydrogens (tertiary/aromatic N) is 5. The summed E-state index contributed by atoms with van der Waals surface area (Å²) in [5.74, 6) is 1.15. The zero-order valence-electron chi connectivity index (χ0n) is 14.5. The van der Waals surface area contributed by atoms with Gasteiger partial charge in [-0.15, -0.1) is 0 Å². The monoisotopic (exact) mass is 320 g/mol. The molecule has 0 aromatic carbocycles. The van der Waals surface area contributed by atoms with Gasteiger partial charge in [-0.1, -0.05) is 20.8 Å². The predicted molar refractivity (Wildman–Crippen MR) is 89.2 cm³/mol. The van der Waals surface area contributed by atoms with Crippen LogP contribution in [0.15, 0.2) is 6.33 Å². The number of anilines is 1. The van der Waals surface area contributed by atoms with Crippen LogP contribution in [0, 0.1) is 5.41 Å². The average Bonchev–Trinajstić information content (AvgIpc) is 3.03. The molecule has 2 fully saturated rings. The van der Waals surface area contributed by atoms with E-state index in [1.54, 1.807) is 0 Å². The maximum absolute atomic E-state index is 12.9. The highest BCUT2D eigenvalue weighted by molar-refractivity contribution is 5.82. The van der Waals surface area contributed by atoms with Crippen LogP contribution in [0.25, 0.3) is 0 Å². The molecule has 0 aliphatic carbocycles. The van der Waals surface area contributed by atoms with Crippen molar-refractivity contribution in [3.8, 4) is 0 Å². The molecule has 2 aliphatic rings. The van der Waals surface area contributed by atoms with E-state index in [4.69, 9.17) is 0 Å². The molecule has 3 heterocycles. The lowest BCUT2D eigenvalue weighted by Gasteiger charge is -2.43. The first-order valence-corrected chi connectivity index (χ1v) is 8.57. The summed E-state index contributed by atoms with van der Waals surface area (Å²) in [5, 5.41) is 6.82. The predicted octanol–water partition coefficient (Wildman–Crippen LogP) is 0.964. The summed E-state index contributed by atoms with van der Waals surface area (Å²) in [6.07, 6.45) is 3.63. The van der Waals surface area contributed by atoms with Gasteiger partial charge in [0.2, 0.25) is 11.9 Å². The van der Waals surface area contributed by atoms with E-state index in [1.807, 2.05) is 0 Å². The third-order valence-corrected chi connectivity index (χ3v) is 4.62. The van der Waals surface area contributed by atoms with Gasteiger partial charge in [-0.2, -0.15) is 10.1 Å². The molecule has 1 atom stereocenters. The first kappa shape index (κ1) is 16.2. The van der Waals surface area contributed by atoms with Crippen molar-refractivity contribution in [3.63, 3.8) is 0 Å². The van der Waals surface area contributed by atoms with Crippen molar-refractivity contribution in [1.82, 2.24) is 25.0 Å². The number of rotatable bonds is 3. The van der Waals surface area contributed by atoms with E-state index in [9.17, 15) is 4.79 Å². The molecule has 0 spiro atoms. The molecule has 2 saturated heterocycles. The van der Waals surface area contributed by atoms with Crippen LogP contribution in [0.4, 0.5) is 5.95 Å². The van der Waals surface area contributed by atoms with Gasteiger partial charge in [0.15, 0.2) is 0 Å². The number of piperidine rings is 1. The van der Waals surface area contributed by atoms with Crippen molar-refractivity contribution in [2.75, 3.05) is 44.2 Å². The van der Waals surface area contributed by atoms with Gasteiger partial charge in [0.1, 0.15) is 6.33 Å². The Kier molecular flexibility index (Phi) is 4.57. The van der Waals surface area contributed by atoms with E-state index in [1.165, 1.54) is 6.33 Å². The first-order valence-electron chi connectivity index (χ1n) is 8.57. The molecule has 1 aromatic rings. The standard InChI is InChI=1S/C16H28N6O/c1-16(2,3)11-22-6-4-5-13(14(22)23)20-7-9-21(10-8-20)15-17-12-18-19-15/h12-13H,4-11H2,1-3H3,(H,17,18,19). The summed E-state index contributed by atoms with van der Waals surface area (Å²) >= 11 is 0. The average molecular weight is 320 g/mol. The molecule has 7 heteroatoms. The number of aromatic amines is 1. The van der Waals surface area contributed by atoms with Crippen molar-refractivity contribution in [3.05, 3.63) is 6.33 Å². The fourth-order valence-electron chi connectivity index (χ4n) is 3.59. The lowest BCUT2D eigenvalue weighted by molar-refractivity contribution is -0.141. The molecule has 7 nitrogen and oxygen atoms in total. The number of nitrogens with one attached hydrogen (secondary N) is 1. The van der Waals surface area contributed by atoms with Gasteiger partial charge in [-0.3, -0.25) is 9.69 Å². The second-order valence-electron chi connectivity index (χ2n) is 7.81. The molecule has 23 heavy (non-hydrogen) atoms. The summed E-state index contributed by atoms with van der Waals surface area (Å²) in [4.78, 5) is 23.7. The van der Waals surface area contributed by atoms with Gasteiger partial charge in [0, 0.05) is 39.3 Å². The summed E-state index contributed by atoms with van der Waals surface area (Å²) in [6, 6.07) is 0.0583. The topological polar surface area (TPSA) is 68.4 Å². The maximum atomic E-state index is 12.9. The fraction of sp³-hybridized carbons (Fsp3) is 0.812. The van der Waals surface area contributed by atoms with Crippen molar-refractivity contribution < 1.29 is 4.79 Å². The molecule has 0 saturated carbocycles. The van der Waals surface area contributed by atoms with Crippen LogP contribution in [0.5, 0.6) is 0 Å². The van der Waals surface area contributed by atoms with Crippen molar-refractivity contribution >= 4 is 11.9 Å². The summed E-state index contributed by atoms with van der Waals surface area (Å²) in [6.45, 7) is 11.9. The Morgan fingerprint density at radius 3 is 2.57 bits per heavy atom. The minimum Gasteiger partial charge on any atom is -0.341 e. The Hall–Kier alpha value is -1.63. The molecule has 1 amide bonds. The van der Waals surface area contributed by atoms with Crippen LogP contribution < -0.4 is 4.90 Å². The Morgan fingerprint density at radius 2 is 1.96 bits per heavy atom. The molecule has 1 N–H and O–H groups in total. The molecule has 1 unspecified atom stereocenters. The third-order valence-electron chi connectivity index (χ3n) is 4.62. The number of carbonyl (C=O) groups excluding carboxylic acids is 1. The molecule has 0 radical (unpaired) electrons. The number of hydrogen-bond donors (Lipinski definition) is 1. The number of amides is 1. The number of carbonyl (C=O) groups is 1. The lowest BCUT2D eigenvalue weighted by atomic mass is 9.93. The zero-order valence-corrected chi connectivity index (χ0v) is 14.5. The zero-order chi connectivity index (χ0) is 16.4. The largest absolute Gasteiger partial charge is 0.341 e. The summed E-state index contributed by atoms with van der Waals surface area (Å²) in [5.41, 5.74) is 0.155. The summed E-state index contributed by atoms with van der Waals surface area (Å²) in [7, 11) is 0. The van der Waals surface area contributed by atoms with E-state index in [0.717, 1.165) is 58.1 Å². The number of aromatic nitrogens is 3. The Labute approximate surface area is 138 Å². The van der Waals surface area contributed by atoms with Gasteiger partial charge in [0.25, 0.3) is 0 Å². The molecule has 3 rings (SSSR count). The van der Waals surface area contributed by atoms with Crippen LogP contribution in [-0.2, 0) is 4.79 Å². The fourth-order valence-corrected chi connectivity index (χ4v) is 3.59. The van der Waals surface area contributed by atoms with Gasteiger partial charge in [-0.25, -0.2) is 5.10 Å². The van der Waals surface area contributed by atoms with Gasteiger partial charge in [0.05, 0.1) is 6.04 Å². The molecular weight excluding hydrogens is 292 g/mol. The number of hydrogen-bond acceptors (Lipinski definition) is 5. The van der Waals surface area contributed by atoms with E-state index in [-0.39, 0.29) is 11.5 Å². The van der Waals surface area contributed by atoms with Gasteiger partial charge >= 0.3 is 0 Å². The molecule has 1 aromatic heterocycles. The van der Waals surface area contributed by atoms with Gasteiger partial charge < -0.3 is 9.80 Å². The van der Waals surface area contributed by atoms with Crippen molar-refractivity contribution in [1.29, 1.82) is 0 Å².